The molecule has 86 valence electrons. The average molecular weight is 212 g/mol. The zero-order chi connectivity index (χ0) is 10.9. The van der Waals surface area contributed by atoms with E-state index in [0.717, 1.165) is 32.1 Å². The minimum absolute atomic E-state index is 0.591. The number of nitrogens with zero attached hydrogens (tertiary/aromatic N) is 2. The lowest BCUT2D eigenvalue weighted by molar-refractivity contribution is 0.141. The number of nitrogens with one attached hydrogen (secondary N) is 1. The fraction of sp³-hybridized carbons (Fsp3) is 0.700. The van der Waals surface area contributed by atoms with Crippen LogP contribution in [0.25, 0.3) is 0 Å². The van der Waals surface area contributed by atoms with Gasteiger partial charge in [-0.3, -0.25) is 0 Å². The molecule has 0 saturated heterocycles. The number of hydrogen-bond acceptors (Lipinski definition) is 4. The molecule has 1 aromatic heterocycles. The Morgan fingerprint density at radius 1 is 1.53 bits per heavy atom. The molecule has 0 aliphatic carbocycles. The van der Waals surface area contributed by atoms with Crippen LogP contribution in [0.15, 0.2) is 12.4 Å². The highest BCUT2D eigenvalue weighted by Crippen LogP contribution is 2.03. The van der Waals surface area contributed by atoms with E-state index in [2.05, 4.69) is 21.8 Å². The first-order valence-electron chi connectivity index (χ1n) is 5.41. The fourth-order valence-electron chi connectivity index (χ4n) is 1.29. The maximum absolute atomic E-state index is 5.30. The van der Waals surface area contributed by atoms with Crippen LogP contribution in [-0.4, -0.2) is 35.9 Å². The quantitative estimate of drug-likeness (QED) is 0.622. The first-order valence-corrected chi connectivity index (χ1v) is 5.41. The predicted molar refractivity (Wildman–Crippen MR) is 60.9 cm³/mol. The van der Waals surface area contributed by atoms with E-state index in [1.54, 1.807) is 6.20 Å². The average Bonchev–Trinajstić information content (AvgIpc) is 2.70. The summed E-state index contributed by atoms with van der Waals surface area (Å²) >= 11 is 0. The van der Waals surface area contributed by atoms with Gasteiger partial charge in [-0.2, -0.15) is 0 Å². The summed E-state index contributed by atoms with van der Waals surface area (Å²) in [6.45, 7) is 5.89. The third-order valence-electron chi connectivity index (χ3n) is 2.07. The molecule has 0 fully saturated rings. The SMILES string of the molecule is CCn1ccnc1NCCCOCCN. The Kier molecular flexibility index (Phi) is 5.80. The third-order valence-corrected chi connectivity index (χ3v) is 2.07. The van der Waals surface area contributed by atoms with Crippen molar-refractivity contribution in [3.05, 3.63) is 12.4 Å². The van der Waals surface area contributed by atoms with Gasteiger partial charge < -0.3 is 20.4 Å². The Morgan fingerprint density at radius 2 is 2.40 bits per heavy atom. The zero-order valence-corrected chi connectivity index (χ0v) is 9.28. The zero-order valence-electron chi connectivity index (χ0n) is 9.28. The molecular formula is C10H20N4O. The van der Waals surface area contributed by atoms with Gasteiger partial charge in [0.25, 0.3) is 0 Å². The number of rotatable bonds is 8. The van der Waals surface area contributed by atoms with Crippen LogP contribution in [0, 0.1) is 0 Å². The number of anilines is 1. The highest BCUT2D eigenvalue weighted by Gasteiger charge is 1.98. The number of aryl methyl sites for hydroxylation is 1. The van der Waals surface area contributed by atoms with Crippen molar-refractivity contribution in [2.45, 2.75) is 19.9 Å². The molecule has 0 aliphatic rings. The van der Waals surface area contributed by atoms with Crippen LogP contribution in [0.2, 0.25) is 0 Å². The number of aromatic nitrogens is 2. The summed E-state index contributed by atoms with van der Waals surface area (Å²) in [6, 6.07) is 0. The van der Waals surface area contributed by atoms with Gasteiger partial charge in [0, 0.05) is 38.6 Å². The second-order valence-corrected chi connectivity index (χ2v) is 3.22. The second kappa shape index (κ2) is 7.25. The first-order chi connectivity index (χ1) is 7.38. The molecule has 0 atom stereocenters. The highest BCUT2D eigenvalue weighted by atomic mass is 16.5. The summed E-state index contributed by atoms with van der Waals surface area (Å²) in [4.78, 5) is 4.21. The normalized spacial score (nSPS) is 10.5. The Labute approximate surface area is 90.6 Å². The Hall–Kier alpha value is -1.07. The molecule has 0 spiro atoms. The Balaban J connectivity index is 2.09. The topological polar surface area (TPSA) is 65.1 Å². The molecule has 5 heteroatoms. The molecule has 1 rings (SSSR count). The minimum atomic E-state index is 0.591. The van der Waals surface area contributed by atoms with Gasteiger partial charge >= 0.3 is 0 Å². The standard InChI is InChI=1S/C10H20N4O/c1-2-14-7-6-13-10(14)12-5-3-8-15-9-4-11/h6-7H,2-5,8-9,11H2,1H3,(H,12,13). The molecule has 15 heavy (non-hydrogen) atoms. The van der Waals surface area contributed by atoms with Gasteiger partial charge in [0.1, 0.15) is 0 Å². The largest absolute Gasteiger partial charge is 0.380 e. The predicted octanol–water partition coefficient (Wildman–Crippen LogP) is 0.680. The van der Waals surface area contributed by atoms with Crippen molar-refractivity contribution < 1.29 is 4.74 Å². The highest BCUT2D eigenvalue weighted by molar-refractivity contribution is 5.25. The van der Waals surface area contributed by atoms with Crippen LogP contribution in [0.3, 0.4) is 0 Å². The van der Waals surface area contributed by atoms with Gasteiger partial charge in [0.05, 0.1) is 6.61 Å². The molecule has 5 nitrogen and oxygen atoms in total. The summed E-state index contributed by atoms with van der Waals surface area (Å²) in [5, 5.41) is 3.26. The molecule has 0 bridgehead atoms. The molecule has 0 aliphatic heterocycles. The summed E-state index contributed by atoms with van der Waals surface area (Å²) < 4.78 is 7.34. The lowest BCUT2D eigenvalue weighted by Gasteiger charge is -2.07. The summed E-state index contributed by atoms with van der Waals surface area (Å²) in [6.07, 6.45) is 4.74. The van der Waals surface area contributed by atoms with Gasteiger partial charge in [0.15, 0.2) is 0 Å². The summed E-state index contributed by atoms with van der Waals surface area (Å²) in [5.41, 5.74) is 5.30. The molecule has 0 saturated carbocycles. The van der Waals surface area contributed by atoms with E-state index in [9.17, 15) is 0 Å². The van der Waals surface area contributed by atoms with E-state index < -0.39 is 0 Å². The van der Waals surface area contributed by atoms with E-state index in [0.29, 0.717) is 13.2 Å². The fourth-order valence-corrected chi connectivity index (χ4v) is 1.29. The molecular weight excluding hydrogens is 192 g/mol. The molecule has 0 amide bonds. The molecule has 0 radical (unpaired) electrons. The third kappa shape index (κ3) is 4.31. The lowest BCUT2D eigenvalue weighted by atomic mass is 10.4. The van der Waals surface area contributed by atoms with Crippen molar-refractivity contribution in [2.75, 3.05) is 31.6 Å². The van der Waals surface area contributed by atoms with Gasteiger partial charge in [-0.1, -0.05) is 0 Å². The van der Waals surface area contributed by atoms with Gasteiger partial charge in [-0.05, 0) is 13.3 Å². The number of ether oxygens (including phenoxy) is 1. The van der Waals surface area contributed by atoms with E-state index in [-0.39, 0.29) is 0 Å². The molecule has 1 heterocycles. The maximum Gasteiger partial charge on any atom is 0.202 e. The van der Waals surface area contributed by atoms with Crippen LogP contribution in [0.1, 0.15) is 13.3 Å². The monoisotopic (exact) mass is 212 g/mol. The maximum atomic E-state index is 5.30. The smallest absolute Gasteiger partial charge is 0.202 e. The molecule has 0 unspecified atom stereocenters. The van der Waals surface area contributed by atoms with Gasteiger partial charge in [-0.15, -0.1) is 0 Å². The van der Waals surface area contributed by atoms with Crippen molar-refractivity contribution in [1.82, 2.24) is 9.55 Å². The van der Waals surface area contributed by atoms with Crippen molar-refractivity contribution in [1.29, 1.82) is 0 Å². The minimum Gasteiger partial charge on any atom is -0.380 e. The molecule has 0 aromatic carbocycles. The van der Waals surface area contributed by atoms with Crippen LogP contribution in [0.5, 0.6) is 0 Å². The van der Waals surface area contributed by atoms with Gasteiger partial charge in [-0.25, -0.2) is 4.98 Å². The van der Waals surface area contributed by atoms with E-state index in [4.69, 9.17) is 10.5 Å². The Morgan fingerprint density at radius 3 is 3.13 bits per heavy atom. The van der Waals surface area contributed by atoms with Crippen molar-refractivity contribution >= 4 is 5.95 Å². The summed E-state index contributed by atoms with van der Waals surface area (Å²) in [5.74, 6) is 0.927. The number of hydrogen-bond donors (Lipinski definition) is 2. The van der Waals surface area contributed by atoms with Crippen LogP contribution in [-0.2, 0) is 11.3 Å². The Bertz CT molecular complexity index is 262. The lowest BCUT2D eigenvalue weighted by Crippen LogP contribution is -2.13. The number of nitrogens with two attached hydrogens (primary N) is 1. The summed E-state index contributed by atoms with van der Waals surface area (Å²) in [7, 11) is 0. The van der Waals surface area contributed by atoms with E-state index >= 15 is 0 Å². The van der Waals surface area contributed by atoms with E-state index in [1.807, 2.05) is 6.20 Å². The van der Waals surface area contributed by atoms with Crippen LogP contribution >= 0.6 is 0 Å². The van der Waals surface area contributed by atoms with Crippen LogP contribution in [0.4, 0.5) is 5.95 Å². The van der Waals surface area contributed by atoms with Crippen molar-refractivity contribution in [2.24, 2.45) is 5.73 Å². The van der Waals surface area contributed by atoms with Crippen molar-refractivity contribution in [3.63, 3.8) is 0 Å². The van der Waals surface area contributed by atoms with Crippen LogP contribution < -0.4 is 11.1 Å². The van der Waals surface area contributed by atoms with E-state index in [1.165, 1.54) is 0 Å². The first kappa shape index (κ1) is 12.0. The number of imidazole rings is 1. The molecule has 3 N–H and O–H groups in total. The van der Waals surface area contributed by atoms with Crippen molar-refractivity contribution in [3.8, 4) is 0 Å². The van der Waals surface area contributed by atoms with Gasteiger partial charge in [0.2, 0.25) is 5.95 Å². The molecule has 1 aromatic rings. The second-order valence-electron chi connectivity index (χ2n) is 3.22.